The molecule has 0 atom stereocenters. The number of hydrogen-bond donors (Lipinski definition) is 0. The molecule has 0 radical (unpaired) electrons. The molecular formula is C13H26O3. The van der Waals surface area contributed by atoms with E-state index in [-0.39, 0.29) is 6.29 Å². The third kappa shape index (κ3) is 5.83. The Bertz CT molecular complexity index is 145. The van der Waals surface area contributed by atoms with Crippen LogP contribution in [0.2, 0.25) is 0 Å². The van der Waals surface area contributed by atoms with Crippen molar-refractivity contribution in [2.75, 3.05) is 19.8 Å². The molecule has 1 saturated carbocycles. The SMILES string of the molecule is CCOC(COC1CCCCCC1)OCC. The fraction of sp³-hybridized carbons (Fsp3) is 1.00. The first kappa shape index (κ1) is 13.9. The average molecular weight is 230 g/mol. The summed E-state index contributed by atoms with van der Waals surface area (Å²) in [7, 11) is 0. The minimum absolute atomic E-state index is 0.182. The van der Waals surface area contributed by atoms with Gasteiger partial charge < -0.3 is 14.2 Å². The highest BCUT2D eigenvalue weighted by atomic mass is 16.7. The van der Waals surface area contributed by atoms with Crippen LogP contribution in [0.15, 0.2) is 0 Å². The van der Waals surface area contributed by atoms with Crippen molar-refractivity contribution in [2.24, 2.45) is 0 Å². The van der Waals surface area contributed by atoms with Gasteiger partial charge in [0.1, 0.15) is 0 Å². The highest BCUT2D eigenvalue weighted by molar-refractivity contribution is 4.64. The molecule has 16 heavy (non-hydrogen) atoms. The summed E-state index contributed by atoms with van der Waals surface area (Å²) in [5.41, 5.74) is 0. The van der Waals surface area contributed by atoms with E-state index >= 15 is 0 Å². The van der Waals surface area contributed by atoms with Gasteiger partial charge in [0.2, 0.25) is 0 Å². The van der Waals surface area contributed by atoms with Crippen molar-refractivity contribution in [1.29, 1.82) is 0 Å². The molecule has 0 aromatic carbocycles. The molecule has 0 spiro atoms. The Balaban J connectivity index is 2.18. The van der Waals surface area contributed by atoms with Gasteiger partial charge in [-0.25, -0.2) is 0 Å². The molecule has 0 aromatic rings. The summed E-state index contributed by atoms with van der Waals surface area (Å²) < 4.78 is 16.8. The fourth-order valence-electron chi connectivity index (χ4n) is 2.14. The van der Waals surface area contributed by atoms with Gasteiger partial charge in [-0.15, -0.1) is 0 Å². The maximum absolute atomic E-state index is 5.88. The molecule has 0 unspecified atom stereocenters. The van der Waals surface area contributed by atoms with E-state index in [4.69, 9.17) is 14.2 Å². The lowest BCUT2D eigenvalue weighted by atomic mass is 10.1. The first-order valence-corrected chi connectivity index (χ1v) is 6.71. The fourth-order valence-corrected chi connectivity index (χ4v) is 2.14. The van der Waals surface area contributed by atoms with Crippen LogP contribution in [0.4, 0.5) is 0 Å². The third-order valence-corrected chi connectivity index (χ3v) is 2.98. The highest BCUT2D eigenvalue weighted by Crippen LogP contribution is 2.20. The van der Waals surface area contributed by atoms with Crippen molar-refractivity contribution in [3.8, 4) is 0 Å². The smallest absolute Gasteiger partial charge is 0.180 e. The summed E-state index contributed by atoms with van der Waals surface area (Å²) in [4.78, 5) is 0. The van der Waals surface area contributed by atoms with Gasteiger partial charge in [0, 0.05) is 13.2 Å². The van der Waals surface area contributed by atoms with Gasteiger partial charge in [-0.2, -0.15) is 0 Å². The lowest BCUT2D eigenvalue weighted by Gasteiger charge is -2.21. The van der Waals surface area contributed by atoms with Crippen molar-refractivity contribution in [3.05, 3.63) is 0 Å². The van der Waals surface area contributed by atoms with Gasteiger partial charge >= 0.3 is 0 Å². The van der Waals surface area contributed by atoms with E-state index in [1.807, 2.05) is 13.8 Å². The van der Waals surface area contributed by atoms with Crippen LogP contribution in [0.5, 0.6) is 0 Å². The molecule has 1 rings (SSSR count). The first-order valence-electron chi connectivity index (χ1n) is 6.71. The zero-order chi connectivity index (χ0) is 11.6. The molecule has 1 aliphatic carbocycles. The summed E-state index contributed by atoms with van der Waals surface area (Å²) in [6.07, 6.45) is 7.97. The molecule has 0 amide bonds. The molecular weight excluding hydrogens is 204 g/mol. The van der Waals surface area contributed by atoms with E-state index in [2.05, 4.69) is 0 Å². The maximum Gasteiger partial charge on any atom is 0.180 e. The van der Waals surface area contributed by atoms with Crippen LogP contribution in [0.25, 0.3) is 0 Å². The molecule has 0 saturated heterocycles. The van der Waals surface area contributed by atoms with Crippen molar-refractivity contribution in [2.45, 2.75) is 64.8 Å². The van der Waals surface area contributed by atoms with E-state index in [1.165, 1.54) is 38.5 Å². The molecule has 0 bridgehead atoms. The van der Waals surface area contributed by atoms with Gasteiger partial charge in [0.05, 0.1) is 12.7 Å². The Morgan fingerprint density at radius 1 is 0.938 bits per heavy atom. The van der Waals surface area contributed by atoms with Crippen molar-refractivity contribution < 1.29 is 14.2 Å². The second-order valence-electron chi connectivity index (χ2n) is 4.29. The van der Waals surface area contributed by atoms with E-state index < -0.39 is 0 Å². The zero-order valence-corrected chi connectivity index (χ0v) is 10.7. The van der Waals surface area contributed by atoms with Gasteiger partial charge in [0.15, 0.2) is 6.29 Å². The van der Waals surface area contributed by atoms with E-state index in [0.29, 0.717) is 25.9 Å². The van der Waals surface area contributed by atoms with Crippen LogP contribution in [0, 0.1) is 0 Å². The largest absolute Gasteiger partial charge is 0.373 e. The van der Waals surface area contributed by atoms with Crippen LogP contribution in [-0.4, -0.2) is 32.2 Å². The van der Waals surface area contributed by atoms with Crippen LogP contribution in [0.3, 0.4) is 0 Å². The zero-order valence-electron chi connectivity index (χ0n) is 10.7. The van der Waals surface area contributed by atoms with Crippen molar-refractivity contribution in [3.63, 3.8) is 0 Å². The van der Waals surface area contributed by atoms with E-state index in [1.54, 1.807) is 0 Å². The normalized spacial score (nSPS) is 18.9. The van der Waals surface area contributed by atoms with Crippen molar-refractivity contribution in [1.82, 2.24) is 0 Å². The summed E-state index contributed by atoms with van der Waals surface area (Å²) in [5.74, 6) is 0. The second kappa shape index (κ2) is 8.97. The molecule has 0 heterocycles. The molecule has 3 heteroatoms. The summed E-state index contributed by atoms with van der Waals surface area (Å²) >= 11 is 0. The van der Waals surface area contributed by atoms with E-state index in [0.717, 1.165) is 0 Å². The Hall–Kier alpha value is -0.120. The molecule has 3 nitrogen and oxygen atoms in total. The first-order chi connectivity index (χ1) is 7.86. The van der Waals surface area contributed by atoms with Crippen LogP contribution in [-0.2, 0) is 14.2 Å². The number of hydrogen-bond acceptors (Lipinski definition) is 3. The minimum Gasteiger partial charge on any atom is -0.373 e. The lowest BCUT2D eigenvalue weighted by Crippen LogP contribution is -2.26. The Morgan fingerprint density at radius 2 is 1.50 bits per heavy atom. The monoisotopic (exact) mass is 230 g/mol. The molecule has 96 valence electrons. The van der Waals surface area contributed by atoms with Crippen LogP contribution >= 0.6 is 0 Å². The Morgan fingerprint density at radius 3 is 2.00 bits per heavy atom. The predicted molar refractivity (Wildman–Crippen MR) is 64.5 cm³/mol. The Kier molecular flexibility index (Phi) is 7.81. The topological polar surface area (TPSA) is 27.7 Å². The molecule has 0 N–H and O–H groups in total. The summed E-state index contributed by atoms with van der Waals surface area (Å²) in [6.45, 7) is 5.90. The van der Waals surface area contributed by atoms with Gasteiger partial charge in [-0.1, -0.05) is 25.7 Å². The van der Waals surface area contributed by atoms with Gasteiger partial charge in [-0.3, -0.25) is 0 Å². The number of ether oxygens (including phenoxy) is 3. The lowest BCUT2D eigenvalue weighted by molar-refractivity contribution is -0.177. The van der Waals surface area contributed by atoms with E-state index in [9.17, 15) is 0 Å². The predicted octanol–water partition coefficient (Wildman–Crippen LogP) is 3.12. The summed E-state index contributed by atoms with van der Waals surface area (Å²) in [6, 6.07) is 0. The third-order valence-electron chi connectivity index (χ3n) is 2.98. The molecule has 0 aliphatic heterocycles. The quantitative estimate of drug-likeness (QED) is 0.497. The van der Waals surface area contributed by atoms with Crippen LogP contribution in [0.1, 0.15) is 52.4 Å². The van der Waals surface area contributed by atoms with Gasteiger partial charge in [-0.05, 0) is 26.7 Å². The minimum atomic E-state index is -0.182. The molecule has 1 aliphatic rings. The average Bonchev–Trinajstić information content (AvgIpc) is 2.55. The molecule has 0 aromatic heterocycles. The maximum atomic E-state index is 5.88. The number of rotatable bonds is 7. The standard InChI is InChI=1S/C13H26O3/c1-3-14-13(15-4-2)11-16-12-9-7-5-6-8-10-12/h12-13H,3-11H2,1-2H3. The van der Waals surface area contributed by atoms with Gasteiger partial charge in [0.25, 0.3) is 0 Å². The highest BCUT2D eigenvalue weighted by Gasteiger charge is 2.15. The van der Waals surface area contributed by atoms with Crippen LogP contribution < -0.4 is 0 Å². The summed E-state index contributed by atoms with van der Waals surface area (Å²) in [5, 5.41) is 0. The Labute approximate surface area is 99.5 Å². The van der Waals surface area contributed by atoms with Crippen molar-refractivity contribution >= 4 is 0 Å². The molecule has 1 fully saturated rings. The second-order valence-corrected chi connectivity index (χ2v) is 4.29.